The molecule has 0 aromatic heterocycles. The van der Waals surface area contributed by atoms with Crippen LogP contribution in [0.4, 0.5) is 5.69 Å². The number of carbonyl (C=O) groups is 2. The average Bonchev–Trinajstić information content (AvgIpc) is 2.58. The first-order valence-electron chi connectivity index (χ1n) is 7.42. The number of hydrogen-bond acceptors (Lipinski definition) is 3. The fraction of sp³-hybridized carbons (Fsp3) is 0.222. The molecular formula is C18H18N2O2S. The number of benzene rings is 2. The average molecular weight is 326 g/mol. The van der Waals surface area contributed by atoms with E-state index in [-0.39, 0.29) is 11.8 Å². The second kappa shape index (κ2) is 6.46. The maximum absolute atomic E-state index is 12.3. The summed E-state index contributed by atoms with van der Waals surface area (Å²) in [4.78, 5) is 27.3. The van der Waals surface area contributed by atoms with Crippen molar-refractivity contribution in [3.8, 4) is 0 Å². The molecule has 23 heavy (non-hydrogen) atoms. The minimum atomic E-state index is -0.172. The molecule has 0 saturated heterocycles. The molecular weight excluding hydrogens is 308 g/mol. The lowest BCUT2D eigenvalue weighted by molar-refractivity contribution is 0.0780. The molecule has 2 aromatic carbocycles. The molecule has 0 saturated carbocycles. The van der Waals surface area contributed by atoms with Gasteiger partial charge in [-0.25, -0.2) is 0 Å². The third-order valence-corrected chi connectivity index (χ3v) is 4.76. The summed E-state index contributed by atoms with van der Waals surface area (Å²) in [7, 11) is 1.80. The van der Waals surface area contributed by atoms with Crippen molar-refractivity contribution in [1.29, 1.82) is 0 Å². The van der Waals surface area contributed by atoms with Crippen LogP contribution < -0.4 is 5.32 Å². The van der Waals surface area contributed by atoms with Crippen LogP contribution in [0.5, 0.6) is 0 Å². The van der Waals surface area contributed by atoms with Crippen molar-refractivity contribution >= 4 is 29.3 Å². The maximum atomic E-state index is 12.3. The molecule has 0 bridgehead atoms. The summed E-state index contributed by atoms with van der Waals surface area (Å²) >= 11 is 1.64. The van der Waals surface area contributed by atoms with Crippen LogP contribution in [0.3, 0.4) is 0 Å². The van der Waals surface area contributed by atoms with Crippen LogP contribution in [0.2, 0.25) is 0 Å². The van der Waals surface area contributed by atoms with Crippen LogP contribution in [0, 0.1) is 0 Å². The van der Waals surface area contributed by atoms with E-state index in [1.54, 1.807) is 41.9 Å². The number of likely N-dealkylation sites (N-methyl/N-ethyl adjacent to an activating group) is 1. The van der Waals surface area contributed by atoms with E-state index in [1.165, 1.54) is 0 Å². The minimum Gasteiger partial charge on any atom is -0.341 e. The molecule has 0 unspecified atom stereocenters. The first-order chi connectivity index (χ1) is 11.1. The summed E-state index contributed by atoms with van der Waals surface area (Å²) in [5.74, 6) is -0.166. The van der Waals surface area contributed by atoms with Crippen molar-refractivity contribution in [1.82, 2.24) is 4.90 Å². The zero-order chi connectivity index (χ0) is 16.4. The summed E-state index contributed by atoms with van der Waals surface area (Å²) < 4.78 is 0. The Balaban J connectivity index is 1.80. The predicted molar refractivity (Wildman–Crippen MR) is 93.3 cm³/mol. The highest BCUT2D eigenvalue weighted by Crippen LogP contribution is 2.22. The van der Waals surface area contributed by atoms with Crippen LogP contribution in [0.1, 0.15) is 26.3 Å². The molecule has 0 radical (unpaired) electrons. The Morgan fingerprint density at radius 3 is 2.61 bits per heavy atom. The van der Waals surface area contributed by atoms with E-state index in [2.05, 4.69) is 5.32 Å². The van der Waals surface area contributed by atoms with Gasteiger partial charge >= 0.3 is 0 Å². The van der Waals surface area contributed by atoms with Gasteiger partial charge in [-0.3, -0.25) is 9.59 Å². The molecule has 118 valence electrons. The van der Waals surface area contributed by atoms with Gasteiger partial charge in [0.2, 0.25) is 0 Å². The molecule has 3 rings (SSSR count). The number of nitrogens with zero attached hydrogens (tertiary/aromatic N) is 1. The van der Waals surface area contributed by atoms with Gasteiger partial charge in [0.05, 0.1) is 0 Å². The Morgan fingerprint density at radius 2 is 1.91 bits per heavy atom. The van der Waals surface area contributed by atoms with Gasteiger partial charge in [-0.05, 0) is 54.6 Å². The van der Waals surface area contributed by atoms with Crippen LogP contribution in [-0.4, -0.2) is 36.6 Å². The van der Waals surface area contributed by atoms with Gasteiger partial charge in [0, 0.05) is 35.3 Å². The standard InChI is InChI=1S/C18H18N2O2S/c1-20-10-9-12-3-6-14(11-16(12)18(20)22)19-17(21)13-4-7-15(23-2)8-5-13/h3-8,11H,9-10H2,1-2H3,(H,19,21). The second-order valence-electron chi connectivity index (χ2n) is 5.53. The lowest BCUT2D eigenvalue weighted by Crippen LogP contribution is -2.34. The van der Waals surface area contributed by atoms with Crippen molar-refractivity contribution in [2.45, 2.75) is 11.3 Å². The molecule has 0 aliphatic carbocycles. The number of amides is 2. The first kappa shape index (κ1) is 15.6. The Labute approximate surface area is 139 Å². The van der Waals surface area contributed by atoms with Gasteiger partial charge in [-0.2, -0.15) is 0 Å². The monoisotopic (exact) mass is 326 g/mol. The highest BCUT2D eigenvalue weighted by Gasteiger charge is 2.21. The third-order valence-electron chi connectivity index (χ3n) is 4.01. The van der Waals surface area contributed by atoms with Crippen molar-refractivity contribution < 1.29 is 9.59 Å². The fourth-order valence-corrected chi connectivity index (χ4v) is 3.02. The summed E-state index contributed by atoms with van der Waals surface area (Å²) in [6.45, 7) is 0.735. The quantitative estimate of drug-likeness (QED) is 0.881. The van der Waals surface area contributed by atoms with Crippen LogP contribution in [0.25, 0.3) is 0 Å². The highest BCUT2D eigenvalue weighted by atomic mass is 32.2. The van der Waals surface area contributed by atoms with Crippen LogP contribution in [-0.2, 0) is 6.42 Å². The molecule has 4 nitrogen and oxygen atoms in total. The molecule has 1 N–H and O–H groups in total. The largest absolute Gasteiger partial charge is 0.341 e. The zero-order valence-corrected chi connectivity index (χ0v) is 13.9. The van der Waals surface area contributed by atoms with E-state index in [9.17, 15) is 9.59 Å². The van der Waals surface area contributed by atoms with E-state index < -0.39 is 0 Å². The Morgan fingerprint density at radius 1 is 1.17 bits per heavy atom. The Hall–Kier alpha value is -2.27. The van der Waals surface area contributed by atoms with Crippen LogP contribution >= 0.6 is 11.8 Å². The van der Waals surface area contributed by atoms with E-state index in [1.807, 2.05) is 30.5 Å². The van der Waals surface area contributed by atoms with Crippen molar-refractivity contribution in [3.63, 3.8) is 0 Å². The van der Waals surface area contributed by atoms with Gasteiger partial charge < -0.3 is 10.2 Å². The molecule has 1 heterocycles. The van der Waals surface area contributed by atoms with Gasteiger partial charge in [0.15, 0.2) is 0 Å². The molecule has 2 amide bonds. The lowest BCUT2D eigenvalue weighted by Gasteiger charge is -2.25. The third kappa shape index (κ3) is 3.24. The minimum absolute atomic E-state index is 0.00618. The number of rotatable bonds is 3. The number of nitrogens with one attached hydrogen (secondary N) is 1. The molecule has 1 aliphatic rings. The van der Waals surface area contributed by atoms with Gasteiger partial charge in [0.25, 0.3) is 11.8 Å². The maximum Gasteiger partial charge on any atom is 0.255 e. The van der Waals surface area contributed by atoms with Crippen molar-refractivity contribution in [2.24, 2.45) is 0 Å². The van der Waals surface area contributed by atoms with Crippen LogP contribution in [0.15, 0.2) is 47.4 Å². The normalized spacial score (nSPS) is 13.7. The molecule has 0 fully saturated rings. The molecule has 0 atom stereocenters. The first-order valence-corrected chi connectivity index (χ1v) is 8.65. The molecule has 2 aromatic rings. The number of fused-ring (bicyclic) bond motifs is 1. The lowest BCUT2D eigenvalue weighted by atomic mass is 9.98. The smallest absolute Gasteiger partial charge is 0.255 e. The Bertz CT molecular complexity index is 756. The number of thioether (sulfide) groups is 1. The van der Waals surface area contributed by atoms with Crippen molar-refractivity contribution in [2.75, 3.05) is 25.2 Å². The molecule has 5 heteroatoms. The zero-order valence-electron chi connectivity index (χ0n) is 13.1. The predicted octanol–water partition coefficient (Wildman–Crippen LogP) is 3.29. The van der Waals surface area contributed by atoms with E-state index in [4.69, 9.17) is 0 Å². The summed E-state index contributed by atoms with van der Waals surface area (Å²) in [5.41, 5.74) is 2.96. The fourth-order valence-electron chi connectivity index (χ4n) is 2.61. The van der Waals surface area contributed by atoms with Crippen molar-refractivity contribution in [3.05, 3.63) is 59.2 Å². The number of carbonyl (C=O) groups excluding carboxylic acids is 2. The molecule has 1 aliphatic heterocycles. The van der Waals surface area contributed by atoms with E-state index in [0.717, 1.165) is 23.4 Å². The SMILES string of the molecule is CSc1ccc(C(=O)Nc2ccc3c(c2)C(=O)N(C)CC3)cc1. The molecule has 0 spiro atoms. The highest BCUT2D eigenvalue weighted by molar-refractivity contribution is 7.98. The summed E-state index contributed by atoms with van der Waals surface area (Å²) in [5, 5.41) is 2.86. The van der Waals surface area contributed by atoms with Gasteiger partial charge in [-0.1, -0.05) is 6.07 Å². The number of anilines is 1. The Kier molecular flexibility index (Phi) is 4.39. The van der Waals surface area contributed by atoms with E-state index in [0.29, 0.717) is 16.8 Å². The summed E-state index contributed by atoms with van der Waals surface area (Å²) in [6, 6.07) is 13.0. The number of hydrogen-bond donors (Lipinski definition) is 1. The second-order valence-corrected chi connectivity index (χ2v) is 6.41. The topological polar surface area (TPSA) is 49.4 Å². The van der Waals surface area contributed by atoms with Gasteiger partial charge in [0.1, 0.15) is 0 Å². The van der Waals surface area contributed by atoms with E-state index >= 15 is 0 Å². The summed E-state index contributed by atoms with van der Waals surface area (Å²) in [6.07, 6.45) is 2.85. The van der Waals surface area contributed by atoms with Gasteiger partial charge in [-0.15, -0.1) is 11.8 Å².